The zero-order chi connectivity index (χ0) is 51.6. The molecule has 0 spiro atoms. The van der Waals surface area contributed by atoms with Gasteiger partial charge >= 0.3 is 12.8 Å². The van der Waals surface area contributed by atoms with Crippen LogP contribution in [0.1, 0.15) is 22.3 Å². The lowest BCUT2D eigenvalue weighted by Crippen LogP contribution is -2.45. The minimum absolute atomic E-state index is 0.267. The van der Waals surface area contributed by atoms with Gasteiger partial charge < -0.3 is 17.9 Å². The molecule has 32 heteroatoms. The van der Waals surface area contributed by atoms with Crippen molar-refractivity contribution in [1.82, 2.24) is 17.9 Å². The summed E-state index contributed by atoms with van der Waals surface area (Å²) in [7, 11) is 0. The summed E-state index contributed by atoms with van der Waals surface area (Å²) in [5.74, 6) is -42.9. The van der Waals surface area contributed by atoms with Gasteiger partial charge in [-0.1, -0.05) is 0 Å². The molecule has 6 aliphatic heterocycles. The van der Waals surface area contributed by atoms with E-state index in [4.69, 9.17) is 22.9 Å². The van der Waals surface area contributed by atoms with Crippen molar-refractivity contribution in [1.29, 1.82) is 0 Å². The Hall–Kier alpha value is -8.27. The van der Waals surface area contributed by atoms with Gasteiger partial charge in [0.25, 0.3) is 0 Å². The third-order valence-electron chi connectivity index (χ3n) is 13.4. The van der Waals surface area contributed by atoms with E-state index in [2.05, 4.69) is 39.9 Å². The molecule has 9 aromatic rings. The van der Waals surface area contributed by atoms with E-state index < -0.39 is 218 Å². The van der Waals surface area contributed by atoms with Crippen molar-refractivity contribution >= 4 is 125 Å². The maximum absolute atomic E-state index is 16.2. The molecule has 15 rings (SSSR count). The van der Waals surface area contributed by atoms with Gasteiger partial charge in [-0.2, -0.15) is 0 Å². The van der Waals surface area contributed by atoms with Crippen LogP contribution < -0.4 is 22.0 Å². The highest BCUT2D eigenvalue weighted by atomic mass is 35.5. The number of amidine groups is 4. The first-order valence-electron chi connectivity index (χ1n) is 20.5. The SMILES string of the molecule is Fc1c(F)c(F)c2c(c1F)C1=NC2=Nc2c3c(F)c(F)c(F)c(F)c3c3n2B(Cl)n2c(c4cc5c(cc4c2=N3)C2=Nc3c4c(F)c(F)c(F)c(F)c4c4n3B(Cl)n3c(c6c(F)c(F)c(F)c(F)c6c3=N4)=NC5=N2)=N1. The molecule has 362 valence electrons. The monoisotopic (exact) mass is 1070 g/mol. The highest BCUT2D eigenvalue weighted by Crippen LogP contribution is 2.48. The van der Waals surface area contributed by atoms with E-state index in [0.717, 1.165) is 16.6 Å². The maximum atomic E-state index is 16.2. The highest BCUT2D eigenvalue weighted by Gasteiger charge is 2.44. The molecule has 0 unspecified atom stereocenters. The summed E-state index contributed by atoms with van der Waals surface area (Å²) >= 11 is 14.0. The third kappa shape index (κ3) is 4.67. The molecule has 5 aromatic carbocycles. The quantitative estimate of drug-likeness (QED) is 0.0628. The van der Waals surface area contributed by atoms with Crippen LogP contribution in [0.3, 0.4) is 0 Å². The van der Waals surface area contributed by atoms with Gasteiger partial charge in [0.2, 0.25) is 0 Å². The second kappa shape index (κ2) is 13.5. The molecule has 0 radical (unpaired) electrons. The van der Waals surface area contributed by atoms with E-state index in [1.165, 1.54) is 0 Å². The van der Waals surface area contributed by atoms with Gasteiger partial charge in [0, 0.05) is 21.9 Å². The first kappa shape index (κ1) is 43.3. The maximum Gasteiger partial charge on any atom is 0.499 e. The molecule has 0 aliphatic carbocycles. The lowest BCUT2D eigenvalue weighted by Gasteiger charge is -2.18. The number of hydrogen-bond acceptors (Lipinski definition) is 8. The number of aliphatic imine (C=N–C) groups is 4. The van der Waals surface area contributed by atoms with Gasteiger partial charge in [-0.25, -0.2) is 110 Å². The van der Waals surface area contributed by atoms with Crippen LogP contribution in [0.15, 0.2) is 52.1 Å². The van der Waals surface area contributed by atoms with Crippen molar-refractivity contribution in [3.63, 3.8) is 0 Å². The summed E-state index contributed by atoms with van der Waals surface area (Å²) in [6.45, 7) is 0. The van der Waals surface area contributed by atoms with E-state index in [1.807, 2.05) is 0 Å². The first-order chi connectivity index (χ1) is 35.2. The number of halogens is 18. The molecule has 0 saturated heterocycles. The Labute approximate surface area is 401 Å². The van der Waals surface area contributed by atoms with Crippen LogP contribution in [-0.2, 0) is 0 Å². The van der Waals surface area contributed by atoms with Gasteiger partial charge in [-0.05, 0) is 12.1 Å². The van der Waals surface area contributed by atoms with Crippen molar-refractivity contribution in [2.75, 3.05) is 0 Å². The van der Waals surface area contributed by atoms with Gasteiger partial charge in [0.05, 0.1) is 43.4 Å². The lowest BCUT2D eigenvalue weighted by atomic mass is 10.0. The second-order valence-corrected chi connectivity index (χ2v) is 17.6. The fourth-order valence-corrected chi connectivity index (χ4v) is 11.0. The summed E-state index contributed by atoms with van der Waals surface area (Å²) in [6, 6.07) is 2.19. The Morgan fingerprint density at radius 2 is 0.568 bits per heavy atom. The predicted octanol–water partition coefficient (Wildman–Crippen LogP) is 8.44. The van der Waals surface area contributed by atoms with Crippen molar-refractivity contribution in [2.24, 2.45) is 39.9 Å². The fourth-order valence-electron chi connectivity index (χ4n) is 10.2. The number of aromatic nitrogens is 4. The molecule has 4 aromatic heterocycles. The number of nitrogens with zero attached hydrogens (tertiary/aromatic N) is 12. The molecule has 74 heavy (non-hydrogen) atoms. The summed E-state index contributed by atoms with van der Waals surface area (Å²) in [6.07, 6.45) is -4.09. The molecule has 10 heterocycles. The van der Waals surface area contributed by atoms with Gasteiger partial charge in [0.15, 0.2) is 116 Å². The molecule has 0 amide bonds. The van der Waals surface area contributed by atoms with Crippen molar-refractivity contribution < 1.29 is 70.2 Å². The smallest absolute Gasteiger partial charge is 0.319 e. The fraction of sp³-hybridized carbons (Fsp3) is 0. The lowest BCUT2D eigenvalue weighted by molar-refractivity contribution is 0.407. The van der Waals surface area contributed by atoms with Crippen LogP contribution in [0.2, 0.25) is 0 Å². The molecule has 8 bridgehead atoms. The van der Waals surface area contributed by atoms with Crippen molar-refractivity contribution in [3.8, 4) is 0 Å². The molecular weight excluding hydrogens is 1070 g/mol. The Morgan fingerprint density at radius 3 is 1.01 bits per heavy atom. The van der Waals surface area contributed by atoms with E-state index in [9.17, 15) is 4.39 Å². The van der Waals surface area contributed by atoms with E-state index in [-0.39, 0.29) is 21.9 Å². The summed E-state index contributed by atoms with van der Waals surface area (Å²) in [5.41, 5.74) is -5.98. The number of hydrogen-bond donors (Lipinski definition) is 0. The number of rotatable bonds is 0. The number of benzene rings is 5. The Balaban J connectivity index is 1.14. The third-order valence-corrected chi connectivity index (χ3v) is 14.1. The van der Waals surface area contributed by atoms with Crippen LogP contribution in [0, 0.1) is 93.1 Å². The molecule has 0 atom stereocenters. The van der Waals surface area contributed by atoms with Crippen molar-refractivity contribution in [2.45, 2.75) is 0 Å². The zero-order valence-electron chi connectivity index (χ0n) is 34.5. The summed E-state index contributed by atoms with van der Waals surface area (Å²) in [5, 5.41) is -7.65. The van der Waals surface area contributed by atoms with Crippen LogP contribution in [0.4, 0.5) is 93.5 Å². The molecule has 12 nitrogen and oxygen atoms in total. The van der Waals surface area contributed by atoms with E-state index >= 15 is 65.9 Å². The molecule has 0 N–H and O–H groups in total. The number of fused-ring (bicyclic) bond motifs is 20. The Morgan fingerprint density at radius 1 is 0.284 bits per heavy atom. The summed E-state index contributed by atoms with van der Waals surface area (Å²) < 4.78 is 252. The predicted molar refractivity (Wildman–Crippen MR) is 228 cm³/mol. The zero-order valence-corrected chi connectivity index (χ0v) is 36.0. The Bertz CT molecular complexity index is 4920. The van der Waals surface area contributed by atoms with Crippen LogP contribution in [-0.4, -0.2) is 54.1 Å². The molecule has 0 saturated carbocycles. The topological polar surface area (TPSA) is 119 Å². The van der Waals surface area contributed by atoms with Gasteiger partial charge in [-0.15, -0.1) is 22.9 Å². The standard InChI is InChI=1S/C42H2B2Cl2F16N12/c45-43-71-35-5-1-3-4(2-6(5)36(71)69-40-12-11(19(51)27(59)28(60)20(12)52)39(74(40)43)68-34-8-7(33(64-34)67-35)15(47)23(55)24(56)16(8)48)32-63-31(3)65-37-9-13(21(53)29(61)25(57)17(9)49)41-70-42-14-10(18(50)26(58)30(62)22(14)54)38(66-32)73(42)44(46)72(37)41/h1-2H. The molecule has 0 fully saturated rings. The average molecular weight is 1070 g/mol. The van der Waals surface area contributed by atoms with Crippen LogP contribution in [0.25, 0.3) is 43.1 Å². The highest BCUT2D eigenvalue weighted by molar-refractivity contribution is 7.06. The van der Waals surface area contributed by atoms with Crippen molar-refractivity contribution in [3.05, 3.63) is 149 Å². The Kier molecular flexibility index (Phi) is 7.88. The van der Waals surface area contributed by atoms with E-state index in [1.54, 1.807) is 0 Å². The minimum atomic E-state index is -2.39. The average Bonchev–Trinajstić information content (AvgIpc) is 4.21. The van der Waals surface area contributed by atoms with E-state index in [0.29, 0.717) is 13.4 Å². The summed E-state index contributed by atoms with van der Waals surface area (Å²) in [4.78, 5) is 33.9. The van der Waals surface area contributed by atoms with Gasteiger partial charge in [0.1, 0.15) is 45.2 Å². The molecular formula is C42H2B2Cl2F16N12. The van der Waals surface area contributed by atoms with Crippen LogP contribution >= 0.6 is 22.9 Å². The largest absolute Gasteiger partial charge is 0.499 e. The second-order valence-electron chi connectivity index (χ2n) is 16.8. The van der Waals surface area contributed by atoms with Gasteiger partial charge in [-0.3, -0.25) is 0 Å². The van der Waals surface area contributed by atoms with Crippen LogP contribution in [0.5, 0.6) is 0 Å². The first-order valence-corrected chi connectivity index (χ1v) is 21.4. The minimum Gasteiger partial charge on any atom is -0.319 e. The normalized spacial score (nSPS) is 15.3. The molecule has 6 aliphatic rings.